The van der Waals surface area contributed by atoms with E-state index in [2.05, 4.69) is 0 Å². The van der Waals surface area contributed by atoms with Crippen LogP contribution in [0.5, 0.6) is 17.2 Å². The topological polar surface area (TPSA) is 69.7 Å². The van der Waals surface area contributed by atoms with Crippen LogP contribution in [0.2, 0.25) is 0 Å². The van der Waals surface area contributed by atoms with Crippen LogP contribution in [0.3, 0.4) is 0 Å². The number of hydrogen-bond acceptors (Lipinski definition) is 6. The average molecular weight is 412 g/mol. The molecule has 3 aromatic carbocycles. The van der Waals surface area contributed by atoms with Gasteiger partial charge < -0.3 is 28.8 Å². The van der Waals surface area contributed by atoms with Gasteiger partial charge in [-0.05, 0) is 32.0 Å². The molecule has 1 aliphatic heterocycles. The second-order valence-electron chi connectivity index (χ2n) is 7.69. The smallest absolute Gasteiger partial charge is 0.135 e. The van der Waals surface area contributed by atoms with Crippen molar-refractivity contribution >= 4 is 21.5 Å². The van der Waals surface area contributed by atoms with Crippen molar-refractivity contribution in [1.82, 2.24) is 0 Å². The molecular formula is C24H28O6. The number of phenols is 1. The summed E-state index contributed by atoms with van der Waals surface area (Å²) >= 11 is 0. The number of rotatable bonds is 10. The Bertz CT molecular complexity index is 1010. The lowest BCUT2D eigenvalue weighted by atomic mass is 10.0. The van der Waals surface area contributed by atoms with Gasteiger partial charge in [0.15, 0.2) is 0 Å². The summed E-state index contributed by atoms with van der Waals surface area (Å²) < 4.78 is 28.3. The second-order valence-corrected chi connectivity index (χ2v) is 7.69. The Labute approximate surface area is 176 Å². The van der Waals surface area contributed by atoms with Crippen molar-refractivity contribution in [2.75, 3.05) is 33.5 Å². The molecule has 4 rings (SSSR count). The van der Waals surface area contributed by atoms with Crippen molar-refractivity contribution in [3.05, 3.63) is 42.5 Å². The van der Waals surface area contributed by atoms with Crippen molar-refractivity contribution in [2.45, 2.75) is 32.2 Å². The molecule has 3 aromatic rings. The van der Waals surface area contributed by atoms with Gasteiger partial charge >= 0.3 is 0 Å². The number of benzene rings is 3. The molecule has 6 nitrogen and oxygen atoms in total. The van der Waals surface area contributed by atoms with Crippen molar-refractivity contribution in [1.29, 1.82) is 0 Å². The van der Waals surface area contributed by atoms with Crippen LogP contribution in [0.25, 0.3) is 21.5 Å². The van der Waals surface area contributed by atoms with E-state index in [1.165, 1.54) is 0 Å². The fourth-order valence-electron chi connectivity index (χ4n) is 3.41. The first-order valence-electron chi connectivity index (χ1n) is 10.3. The van der Waals surface area contributed by atoms with E-state index in [1.54, 1.807) is 7.11 Å². The third-order valence-corrected chi connectivity index (χ3v) is 5.20. The van der Waals surface area contributed by atoms with E-state index in [1.807, 2.05) is 56.3 Å². The van der Waals surface area contributed by atoms with Gasteiger partial charge in [0.1, 0.15) is 30.0 Å². The Morgan fingerprint density at radius 1 is 0.967 bits per heavy atom. The third-order valence-electron chi connectivity index (χ3n) is 5.20. The van der Waals surface area contributed by atoms with Crippen LogP contribution in [0.4, 0.5) is 0 Å². The number of phenolic OH excluding ortho intramolecular Hbond substituents is 1. The summed E-state index contributed by atoms with van der Waals surface area (Å²) in [5, 5.41) is 13.9. The summed E-state index contributed by atoms with van der Waals surface area (Å²) in [4.78, 5) is 0. The highest BCUT2D eigenvalue weighted by Crippen LogP contribution is 2.43. The van der Waals surface area contributed by atoms with E-state index < -0.39 is 0 Å². The lowest BCUT2D eigenvalue weighted by Crippen LogP contribution is -2.25. The number of ether oxygens (including phenoxy) is 5. The van der Waals surface area contributed by atoms with Gasteiger partial charge in [-0.1, -0.05) is 24.3 Å². The Kier molecular flexibility index (Phi) is 6.27. The highest BCUT2D eigenvalue weighted by Gasteiger charge is 2.23. The SMILES string of the molecule is COc1ccc2c(OCC(C)OCC(C)OCC3CO3)c3ccccc3c(O)c2c1. The molecule has 1 fully saturated rings. The van der Waals surface area contributed by atoms with Crippen LogP contribution in [0, 0.1) is 0 Å². The van der Waals surface area contributed by atoms with Gasteiger partial charge in [0.05, 0.1) is 39.1 Å². The fourth-order valence-corrected chi connectivity index (χ4v) is 3.41. The summed E-state index contributed by atoms with van der Waals surface area (Å²) in [6, 6.07) is 13.3. The molecule has 0 spiro atoms. The van der Waals surface area contributed by atoms with E-state index in [0.717, 1.165) is 28.5 Å². The lowest BCUT2D eigenvalue weighted by Gasteiger charge is -2.20. The Morgan fingerprint density at radius 3 is 2.40 bits per heavy atom. The summed E-state index contributed by atoms with van der Waals surface area (Å²) in [6.07, 6.45) is 0.136. The van der Waals surface area contributed by atoms with Crippen molar-refractivity contribution in [3.63, 3.8) is 0 Å². The number of methoxy groups -OCH3 is 1. The number of hydrogen-bond donors (Lipinski definition) is 1. The molecule has 1 aliphatic rings. The zero-order chi connectivity index (χ0) is 21.1. The first-order chi connectivity index (χ1) is 14.6. The maximum absolute atomic E-state index is 10.8. The Morgan fingerprint density at radius 2 is 1.67 bits per heavy atom. The van der Waals surface area contributed by atoms with Crippen LogP contribution < -0.4 is 9.47 Å². The lowest BCUT2D eigenvalue weighted by molar-refractivity contribution is -0.0449. The molecular weight excluding hydrogens is 384 g/mol. The van der Waals surface area contributed by atoms with Crippen molar-refractivity contribution in [2.24, 2.45) is 0 Å². The first-order valence-corrected chi connectivity index (χ1v) is 10.3. The molecule has 0 amide bonds. The van der Waals surface area contributed by atoms with Gasteiger partial charge in [-0.3, -0.25) is 0 Å². The van der Waals surface area contributed by atoms with Crippen LogP contribution in [-0.2, 0) is 14.2 Å². The van der Waals surface area contributed by atoms with Gasteiger partial charge in [-0.2, -0.15) is 0 Å². The van der Waals surface area contributed by atoms with Crippen molar-refractivity contribution < 1.29 is 28.8 Å². The minimum atomic E-state index is -0.117. The summed E-state index contributed by atoms with van der Waals surface area (Å²) in [6.45, 7) is 6.25. The predicted molar refractivity (Wildman–Crippen MR) is 116 cm³/mol. The zero-order valence-corrected chi connectivity index (χ0v) is 17.6. The van der Waals surface area contributed by atoms with Crippen LogP contribution >= 0.6 is 0 Å². The zero-order valence-electron chi connectivity index (χ0n) is 17.6. The molecule has 0 bridgehead atoms. The van der Waals surface area contributed by atoms with E-state index in [-0.39, 0.29) is 24.1 Å². The molecule has 1 N–H and O–H groups in total. The third kappa shape index (κ3) is 4.61. The molecule has 0 aliphatic carbocycles. The molecule has 30 heavy (non-hydrogen) atoms. The van der Waals surface area contributed by atoms with E-state index in [9.17, 15) is 5.11 Å². The first kappa shape index (κ1) is 20.7. The Hall–Kier alpha value is -2.54. The van der Waals surface area contributed by atoms with Crippen LogP contribution in [0.15, 0.2) is 42.5 Å². The molecule has 3 unspecified atom stereocenters. The van der Waals surface area contributed by atoms with Crippen LogP contribution in [-0.4, -0.2) is 57.0 Å². The molecule has 1 heterocycles. The molecule has 1 saturated heterocycles. The van der Waals surface area contributed by atoms with Gasteiger partial charge in [-0.15, -0.1) is 0 Å². The number of fused-ring (bicyclic) bond motifs is 2. The fraction of sp³-hybridized carbons (Fsp3) is 0.417. The van der Waals surface area contributed by atoms with Crippen molar-refractivity contribution in [3.8, 4) is 17.2 Å². The van der Waals surface area contributed by atoms with Gasteiger partial charge in [-0.25, -0.2) is 0 Å². The quantitative estimate of drug-likeness (QED) is 0.396. The number of aromatic hydroxyl groups is 1. The normalized spacial score (nSPS) is 17.8. The molecule has 0 aromatic heterocycles. The summed E-state index contributed by atoms with van der Waals surface area (Å²) in [5.41, 5.74) is 0. The monoisotopic (exact) mass is 412 g/mol. The highest BCUT2D eigenvalue weighted by atomic mass is 16.6. The second kappa shape index (κ2) is 9.08. The molecule has 3 atom stereocenters. The molecule has 160 valence electrons. The van der Waals surface area contributed by atoms with E-state index in [0.29, 0.717) is 31.0 Å². The van der Waals surface area contributed by atoms with Gasteiger partial charge in [0.2, 0.25) is 0 Å². The van der Waals surface area contributed by atoms with E-state index >= 15 is 0 Å². The summed E-state index contributed by atoms with van der Waals surface area (Å²) in [5.74, 6) is 1.63. The molecule has 0 saturated carbocycles. The molecule has 0 radical (unpaired) electrons. The minimum absolute atomic E-state index is 0.000512. The van der Waals surface area contributed by atoms with E-state index in [4.69, 9.17) is 23.7 Å². The van der Waals surface area contributed by atoms with Gasteiger partial charge in [0, 0.05) is 21.5 Å². The highest BCUT2D eigenvalue weighted by molar-refractivity contribution is 6.11. The largest absolute Gasteiger partial charge is 0.507 e. The summed E-state index contributed by atoms with van der Waals surface area (Å²) in [7, 11) is 1.61. The standard InChI is InChI=1S/C24H28O6/c1-15(28-13-18-14-29-18)11-27-16(2)12-30-24-20-7-5-4-6-19(20)23(25)22-10-17(26-3)8-9-21(22)24/h4-10,15-16,18,25H,11-14H2,1-3H3. The van der Waals surface area contributed by atoms with Crippen LogP contribution in [0.1, 0.15) is 13.8 Å². The predicted octanol–water partition coefficient (Wildman–Crippen LogP) is 4.30. The maximum atomic E-state index is 10.8. The Balaban J connectivity index is 1.50. The maximum Gasteiger partial charge on any atom is 0.135 e. The average Bonchev–Trinajstić information content (AvgIpc) is 3.60. The number of epoxide rings is 1. The molecule has 6 heteroatoms. The van der Waals surface area contributed by atoms with Gasteiger partial charge in [0.25, 0.3) is 0 Å². The minimum Gasteiger partial charge on any atom is -0.507 e.